The van der Waals surface area contributed by atoms with Crippen LogP contribution in [0.25, 0.3) is 0 Å². The number of aldehydes is 1. The van der Waals surface area contributed by atoms with E-state index in [4.69, 9.17) is 4.74 Å². The molecule has 4 nitrogen and oxygen atoms in total. The Bertz CT molecular complexity index is 541. The molecule has 2 rings (SSSR count). The van der Waals surface area contributed by atoms with E-state index in [-0.39, 0.29) is 18.6 Å². The molecule has 0 spiro atoms. The van der Waals surface area contributed by atoms with Crippen molar-refractivity contribution in [1.82, 2.24) is 5.32 Å². The van der Waals surface area contributed by atoms with Gasteiger partial charge in [-0.2, -0.15) is 0 Å². The van der Waals surface area contributed by atoms with Gasteiger partial charge in [0.1, 0.15) is 12.9 Å². The van der Waals surface area contributed by atoms with Gasteiger partial charge in [-0.1, -0.05) is 68.7 Å². The van der Waals surface area contributed by atoms with Crippen molar-refractivity contribution in [2.75, 3.05) is 0 Å². The fourth-order valence-electron chi connectivity index (χ4n) is 3.19. The molecule has 0 heterocycles. The molecule has 1 amide bonds. The van der Waals surface area contributed by atoms with E-state index in [9.17, 15) is 9.59 Å². The molecular formula is C20H27NO3. The molecule has 0 bridgehead atoms. The molecule has 24 heavy (non-hydrogen) atoms. The molecule has 130 valence electrons. The largest absolute Gasteiger partial charge is 0.445 e. The summed E-state index contributed by atoms with van der Waals surface area (Å²) in [5.74, 6) is 0.134. The normalized spacial score (nSPS) is 22.8. The first-order chi connectivity index (χ1) is 11.7. The lowest BCUT2D eigenvalue weighted by molar-refractivity contribution is -0.113. The second kappa shape index (κ2) is 9.91. The summed E-state index contributed by atoms with van der Waals surface area (Å²) in [6, 6.07) is 9.28. The molecule has 3 atom stereocenters. The zero-order chi connectivity index (χ0) is 17.2. The highest BCUT2D eigenvalue weighted by Gasteiger charge is 2.31. The minimum Gasteiger partial charge on any atom is -0.445 e. The number of ether oxygens (including phenoxy) is 1. The van der Waals surface area contributed by atoms with Gasteiger partial charge in [-0.05, 0) is 24.3 Å². The smallest absolute Gasteiger partial charge is 0.407 e. The molecule has 3 unspecified atom stereocenters. The Balaban J connectivity index is 1.85. The summed E-state index contributed by atoms with van der Waals surface area (Å²) in [4.78, 5) is 23.6. The number of unbranched alkanes of at least 4 members (excludes halogenated alkanes) is 2. The second-order valence-corrected chi connectivity index (χ2v) is 6.37. The Morgan fingerprint density at radius 3 is 2.79 bits per heavy atom. The molecule has 0 aromatic heterocycles. The van der Waals surface area contributed by atoms with Gasteiger partial charge in [-0.15, -0.1) is 0 Å². The Hall–Kier alpha value is -2.10. The number of hydrogen-bond acceptors (Lipinski definition) is 3. The third kappa shape index (κ3) is 5.52. The zero-order valence-corrected chi connectivity index (χ0v) is 14.3. The number of rotatable bonds is 8. The third-order valence-corrected chi connectivity index (χ3v) is 4.57. The first-order valence-corrected chi connectivity index (χ1v) is 8.83. The average Bonchev–Trinajstić information content (AvgIpc) is 2.61. The highest BCUT2D eigenvalue weighted by atomic mass is 16.5. The maximum atomic E-state index is 12.0. The quantitative estimate of drug-likeness (QED) is 0.440. The monoisotopic (exact) mass is 329 g/mol. The fraction of sp³-hybridized carbons (Fsp3) is 0.500. The molecule has 0 saturated carbocycles. The standard InChI is InChI=1S/C20H27NO3/c1-2-3-5-11-17-12-8-13-19(18(17)14-22)21-20(23)24-15-16-9-6-4-7-10-16/h4,6-10,13-14,17-19H,2-3,5,11-12,15H2,1H3,(H,21,23). The second-order valence-electron chi connectivity index (χ2n) is 6.37. The average molecular weight is 329 g/mol. The summed E-state index contributed by atoms with van der Waals surface area (Å²) < 4.78 is 5.26. The molecule has 0 saturated heterocycles. The first-order valence-electron chi connectivity index (χ1n) is 8.83. The number of allylic oxidation sites excluding steroid dienone is 1. The van der Waals surface area contributed by atoms with Crippen molar-refractivity contribution >= 4 is 12.4 Å². The molecule has 0 aliphatic heterocycles. The number of alkyl carbamates (subject to hydrolysis) is 1. The number of benzene rings is 1. The van der Waals surface area contributed by atoms with Crippen molar-refractivity contribution in [1.29, 1.82) is 0 Å². The van der Waals surface area contributed by atoms with Crippen LogP contribution >= 0.6 is 0 Å². The predicted molar refractivity (Wildman–Crippen MR) is 94.5 cm³/mol. The Labute approximate surface area is 144 Å². The van der Waals surface area contributed by atoms with Gasteiger partial charge >= 0.3 is 6.09 Å². The topological polar surface area (TPSA) is 55.4 Å². The fourth-order valence-corrected chi connectivity index (χ4v) is 3.19. The summed E-state index contributed by atoms with van der Waals surface area (Å²) in [7, 11) is 0. The van der Waals surface area contributed by atoms with Crippen LogP contribution in [0.4, 0.5) is 4.79 Å². The minimum atomic E-state index is -0.477. The summed E-state index contributed by atoms with van der Waals surface area (Å²) in [5, 5.41) is 2.83. The number of hydrogen-bond donors (Lipinski definition) is 1. The van der Waals surface area contributed by atoms with E-state index in [2.05, 4.69) is 18.3 Å². The zero-order valence-electron chi connectivity index (χ0n) is 14.3. The predicted octanol–water partition coefficient (Wildman–Crippen LogP) is 4.25. The van der Waals surface area contributed by atoms with Crippen LogP contribution in [0, 0.1) is 11.8 Å². The third-order valence-electron chi connectivity index (χ3n) is 4.57. The van der Waals surface area contributed by atoms with Crippen molar-refractivity contribution in [2.45, 2.75) is 51.7 Å². The minimum absolute atomic E-state index is 0.170. The van der Waals surface area contributed by atoms with E-state index < -0.39 is 6.09 Å². The van der Waals surface area contributed by atoms with Gasteiger partial charge in [0.25, 0.3) is 0 Å². The van der Waals surface area contributed by atoms with E-state index in [1.54, 1.807) is 0 Å². The highest BCUT2D eigenvalue weighted by molar-refractivity contribution is 5.69. The van der Waals surface area contributed by atoms with Crippen molar-refractivity contribution < 1.29 is 14.3 Å². The molecule has 4 heteroatoms. The number of carbonyl (C=O) groups excluding carboxylic acids is 2. The summed E-state index contributed by atoms with van der Waals surface area (Å²) in [5.41, 5.74) is 0.941. The Morgan fingerprint density at radius 1 is 1.29 bits per heavy atom. The van der Waals surface area contributed by atoms with E-state index in [1.165, 1.54) is 12.8 Å². The maximum Gasteiger partial charge on any atom is 0.407 e. The van der Waals surface area contributed by atoms with E-state index in [0.29, 0.717) is 5.92 Å². The number of nitrogens with one attached hydrogen (secondary N) is 1. The lowest BCUT2D eigenvalue weighted by Crippen LogP contribution is -2.44. The van der Waals surface area contributed by atoms with Gasteiger partial charge in [0.05, 0.1) is 6.04 Å². The van der Waals surface area contributed by atoms with Gasteiger partial charge in [-0.25, -0.2) is 4.79 Å². The van der Waals surface area contributed by atoms with E-state index in [1.807, 2.05) is 36.4 Å². The highest BCUT2D eigenvalue weighted by Crippen LogP contribution is 2.29. The molecule has 1 aliphatic rings. The SMILES string of the molecule is CCCCCC1CC=CC(NC(=O)OCc2ccccc2)C1C=O. The molecule has 0 radical (unpaired) electrons. The van der Waals surface area contributed by atoms with Gasteiger partial charge in [0.2, 0.25) is 0 Å². The van der Waals surface area contributed by atoms with Crippen molar-refractivity contribution in [2.24, 2.45) is 11.8 Å². The summed E-state index contributed by atoms with van der Waals surface area (Å²) >= 11 is 0. The maximum absolute atomic E-state index is 12.0. The van der Waals surface area contributed by atoms with Gasteiger partial charge < -0.3 is 14.8 Å². The molecule has 1 aromatic rings. The molecule has 1 aromatic carbocycles. The van der Waals surface area contributed by atoms with Crippen LogP contribution in [0.5, 0.6) is 0 Å². The number of carbonyl (C=O) groups is 2. The Kier molecular flexibility index (Phi) is 7.53. The molecule has 1 N–H and O–H groups in total. The molecular weight excluding hydrogens is 302 g/mol. The summed E-state index contributed by atoms with van der Waals surface area (Å²) in [6.07, 6.45) is 9.91. The van der Waals surface area contributed by atoms with Crippen LogP contribution in [0.1, 0.15) is 44.6 Å². The lowest BCUT2D eigenvalue weighted by atomic mass is 9.78. The van der Waals surface area contributed by atoms with Crippen LogP contribution < -0.4 is 5.32 Å². The molecule has 0 fully saturated rings. The first kappa shape index (κ1) is 18.2. The van der Waals surface area contributed by atoms with Crippen LogP contribution in [0.3, 0.4) is 0 Å². The van der Waals surface area contributed by atoms with Crippen LogP contribution in [0.15, 0.2) is 42.5 Å². The van der Waals surface area contributed by atoms with Crippen molar-refractivity contribution in [3.63, 3.8) is 0 Å². The van der Waals surface area contributed by atoms with Crippen LogP contribution in [0.2, 0.25) is 0 Å². The van der Waals surface area contributed by atoms with Crippen molar-refractivity contribution in [3.05, 3.63) is 48.0 Å². The number of amides is 1. The lowest BCUT2D eigenvalue weighted by Gasteiger charge is -2.31. The Morgan fingerprint density at radius 2 is 2.08 bits per heavy atom. The van der Waals surface area contributed by atoms with Crippen LogP contribution in [-0.2, 0) is 16.1 Å². The van der Waals surface area contributed by atoms with E-state index >= 15 is 0 Å². The van der Waals surface area contributed by atoms with Crippen LogP contribution in [-0.4, -0.2) is 18.4 Å². The van der Waals surface area contributed by atoms with Crippen molar-refractivity contribution in [3.8, 4) is 0 Å². The van der Waals surface area contributed by atoms with Gasteiger partial charge in [0.15, 0.2) is 0 Å². The van der Waals surface area contributed by atoms with Gasteiger partial charge in [-0.3, -0.25) is 0 Å². The van der Waals surface area contributed by atoms with Gasteiger partial charge in [0, 0.05) is 5.92 Å². The van der Waals surface area contributed by atoms with E-state index in [0.717, 1.165) is 31.1 Å². The molecule has 1 aliphatic carbocycles. The summed E-state index contributed by atoms with van der Waals surface area (Å²) in [6.45, 7) is 2.40.